The second kappa shape index (κ2) is 8.58. The number of ether oxygens (including phenoxy) is 1. The fourth-order valence-corrected chi connectivity index (χ4v) is 4.45. The van der Waals surface area contributed by atoms with Crippen molar-refractivity contribution in [2.24, 2.45) is 0 Å². The van der Waals surface area contributed by atoms with E-state index in [9.17, 15) is 9.59 Å². The van der Waals surface area contributed by atoms with E-state index in [-0.39, 0.29) is 5.91 Å². The van der Waals surface area contributed by atoms with Gasteiger partial charge in [0.25, 0.3) is 0 Å². The maximum atomic E-state index is 12.4. The van der Waals surface area contributed by atoms with Gasteiger partial charge in [0.15, 0.2) is 0 Å². The van der Waals surface area contributed by atoms with Gasteiger partial charge in [0.05, 0.1) is 12.8 Å². The average molecular weight is 406 g/mol. The molecule has 0 radical (unpaired) electrons. The van der Waals surface area contributed by atoms with Crippen molar-refractivity contribution >= 4 is 62.3 Å². The number of esters is 1. The third-order valence-electron chi connectivity index (χ3n) is 3.64. The van der Waals surface area contributed by atoms with E-state index in [1.165, 1.54) is 18.4 Å². The number of rotatable bonds is 6. The molecule has 1 aromatic heterocycles. The molecule has 4 nitrogen and oxygen atoms in total. The molecule has 0 bridgehead atoms. The molecule has 0 spiro atoms. The first-order chi connectivity index (χ1) is 12.6. The first-order valence-electron chi connectivity index (χ1n) is 7.86. The van der Waals surface area contributed by atoms with E-state index < -0.39 is 5.97 Å². The highest BCUT2D eigenvalue weighted by molar-refractivity contribution is 7.99. The molecular formula is C19H16ClNO3S2. The monoisotopic (exact) mass is 405 g/mol. The number of carbonyl (C=O) groups is 2. The number of fused-ring (bicyclic) bond motifs is 1. The summed E-state index contributed by atoms with van der Waals surface area (Å²) in [5, 5.41) is 4.41. The van der Waals surface area contributed by atoms with Crippen LogP contribution in [0.2, 0.25) is 5.02 Å². The number of benzene rings is 2. The van der Waals surface area contributed by atoms with Crippen LogP contribution >= 0.6 is 34.7 Å². The molecule has 3 rings (SSSR count). The van der Waals surface area contributed by atoms with Crippen molar-refractivity contribution in [2.45, 2.75) is 11.3 Å². The smallest absolute Gasteiger partial charge is 0.350 e. The predicted molar refractivity (Wildman–Crippen MR) is 109 cm³/mol. The SMILES string of the molecule is COC(=O)c1sc2ccccc2c1NC(=O)CCSc1ccc(Cl)cc1. The van der Waals surface area contributed by atoms with E-state index in [1.54, 1.807) is 11.8 Å². The van der Waals surface area contributed by atoms with Crippen molar-refractivity contribution in [3.63, 3.8) is 0 Å². The maximum Gasteiger partial charge on any atom is 0.350 e. The van der Waals surface area contributed by atoms with Gasteiger partial charge in [-0.05, 0) is 30.3 Å². The summed E-state index contributed by atoms with van der Waals surface area (Å²) in [5.74, 6) is 0.0422. The Morgan fingerprint density at radius 3 is 2.62 bits per heavy atom. The molecule has 2 aromatic carbocycles. The fourth-order valence-electron chi connectivity index (χ4n) is 2.40. The van der Waals surface area contributed by atoms with Crippen LogP contribution in [-0.4, -0.2) is 24.7 Å². The summed E-state index contributed by atoms with van der Waals surface area (Å²) in [6.45, 7) is 0. The minimum absolute atomic E-state index is 0.139. The molecule has 7 heteroatoms. The number of thiophene rings is 1. The van der Waals surface area contributed by atoms with Gasteiger partial charge in [0.2, 0.25) is 5.91 Å². The Hall–Kier alpha value is -2.02. The molecule has 0 aliphatic rings. The maximum absolute atomic E-state index is 12.4. The second-order valence-electron chi connectivity index (χ2n) is 5.39. The minimum atomic E-state index is -0.447. The van der Waals surface area contributed by atoms with Crippen LogP contribution in [0.5, 0.6) is 0 Å². The average Bonchev–Trinajstić information content (AvgIpc) is 3.01. The van der Waals surface area contributed by atoms with Gasteiger partial charge in [0.1, 0.15) is 4.88 Å². The van der Waals surface area contributed by atoms with Crippen LogP contribution < -0.4 is 5.32 Å². The lowest BCUT2D eigenvalue weighted by Crippen LogP contribution is -2.14. The Bertz CT molecular complexity index is 938. The Balaban J connectivity index is 1.68. The predicted octanol–water partition coefficient (Wildman–Crippen LogP) is 5.46. The molecular weight excluding hydrogens is 390 g/mol. The third kappa shape index (κ3) is 4.38. The highest BCUT2D eigenvalue weighted by Gasteiger charge is 2.20. The Kier molecular flexibility index (Phi) is 6.19. The highest BCUT2D eigenvalue weighted by atomic mass is 35.5. The number of thioether (sulfide) groups is 1. The molecule has 1 amide bonds. The number of nitrogens with one attached hydrogen (secondary N) is 1. The van der Waals surface area contributed by atoms with E-state index in [2.05, 4.69) is 5.32 Å². The zero-order valence-electron chi connectivity index (χ0n) is 14.0. The summed E-state index contributed by atoms with van der Waals surface area (Å²) in [4.78, 5) is 25.9. The van der Waals surface area contributed by atoms with Crippen molar-refractivity contribution in [2.75, 3.05) is 18.2 Å². The van der Waals surface area contributed by atoms with Crippen molar-refractivity contribution in [3.05, 3.63) is 58.4 Å². The first kappa shape index (κ1) is 18.8. The van der Waals surface area contributed by atoms with Crippen LogP contribution in [0, 0.1) is 0 Å². The molecule has 0 fully saturated rings. The topological polar surface area (TPSA) is 55.4 Å². The quantitative estimate of drug-likeness (QED) is 0.437. The summed E-state index contributed by atoms with van der Waals surface area (Å²) < 4.78 is 5.77. The Morgan fingerprint density at radius 1 is 1.15 bits per heavy atom. The number of amides is 1. The zero-order valence-corrected chi connectivity index (χ0v) is 16.3. The minimum Gasteiger partial charge on any atom is -0.465 e. The standard InChI is InChI=1S/C19H16ClNO3S2/c1-24-19(23)18-17(14-4-2-3-5-15(14)26-18)21-16(22)10-11-25-13-8-6-12(20)7-9-13/h2-9H,10-11H2,1H3,(H,21,22). The van der Waals surface area contributed by atoms with Gasteiger partial charge in [-0.15, -0.1) is 23.1 Å². The van der Waals surface area contributed by atoms with Crippen molar-refractivity contribution in [3.8, 4) is 0 Å². The number of hydrogen-bond donors (Lipinski definition) is 1. The van der Waals surface area contributed by atoms with Crippen molar-refractivity contribution in [1.82, 2.24) is 0 Å². The summed E-state index contributed by atoms with van der Waals surface area (Å²) >= 11 is 8.76. The lowest BCUT2D eigenvalue weighted by Gasteiger charge is -2.07. The fraction of sp³-hybridized carbons (Fsp3) is 0.158. The molecule has 1 heterocycles. The van der Waals surface area contributed by atoms with Crippen molar-refractivity contribution < 1.29 is 14.3 Å². The first-order valence-corrected chi connectivity index (χ1v) is 10.0. The summed E-state index contributed by atoms with van der Waals surface area (Å²) in [5.41, 5.74) is 0.527. The van der Waals surface area contributed by atoms with E-state index in [1.807, 2.05) is 48.5 Å². The van der Waals surface area contributed by atoms with Crippen LogP contribution in [0.1, 0.15) is 16.1 Å². The van der Waals surface area contributed by atoms with Gasteiger partial charge in [-0.2, -0.15) is 0 Å². The van der Waals surface area contributed by atoms with E-state index in [4.69, 9.17) is 16.3 Å². The zero-order chi connectivity index (χ0) is 18.5. The molecule has 0 saturated carbocycles. The second-order valence-corrected chi connectivity index (χ2v) is 8.05. The van der Waals surface area contributed by atoms with Crippen LogP contribution in [0.4, 0.5) is 5.69 Å². The molecule has 1 N–H and O–H groups in total. The van der Waals surface area contributed by atoms with Crippen LogP contribution in [-0.2, 0) is 9.53 Å². The van der Waals surface area contributed by atoms with E-state index in [0.29, 0.717) is 27.8 Å². The lowest BCUT2D eigenvalue weighted by atomic mass is 10.2. The molecule has 0 saturated heterocycles. The number of hydrogen-bond acceptors (Lipinski definition) is 5. The van der Waals surface area contributed by atoms with Gasteiger partial charge in [-0.3, -0.25) is 4.79 Å². The third-order valence-corrected chi connectivity index (χ3v) is 6.06. The van der Waals surface area contributed by atoms with Gasteiger partial charge in [-0.1, -0.05) is 29.8 Å². The van der Waals surface area contributed by atoms with Gasteiger partial charge in [0, 0.05) is 32.2 Å². The Morgan fingerprint density at radius 2 is 1.88 bits per heavy atom. The molecule has 134 valence electrons. The van der Waals surface area contributed by atoms with Crippen LogP contribution in [0.3, 0.4) is 0 Å². The van der Waals surface area contributed by atoms with Gasteiger partial charge in [-0.25, -0.2) is 4.79 Å². The van der Waals surface area contributed by atoms with Crippen molar-refractivity contribution in [1.29, 1.82) is 0 Å². The van der Waals surface area contributed by atoms with E-state index >= 15 is 0 Å². The number of carbonyl (C=O) groups excluding carboxylic acids is 2. The highest BCUT2D eigenvalue weighted by Crippen LogP contribution is 2.36. The number of halogens is 1. The number of anilines is 1. The van der Waals surface area contributed by atoms with E-state index in [0.717, 1.165) is 15.0 Å². The molecule has 3 aromatic rings. The van der Waals surface area contributed by atoms with Crippen LogP contribution in [0.25, 0.3) is 10.1 Å². The van der Waals surface area contributed by atoms with Crippen LogP contribution in [0.15, 0.2) is 53.4 Å². The molecule has 0 atom stereocenters. The molecule has 26 heavy (non-hydrogen) atoms. The summed E-state index contributed by atoms with van der Waals surface area (Å²) in [7, 11) is 1.33. The number of methoxy groups -OCH3 is 1. The largest absolute Gasteiger partial charge is 0.465 e. The lowest BCUT2D eigenvalue weighted by molar-refractivity contribution is -0.115. The van der Waals surface area contributed by atoms with Gasteiger partial charge < -0.3 is 10.1 Å². The summed E-state index contributed by atoms with van der Waals surface area (Å²) in [6.07, 6.45) is 0.331. The molecule has 0 aliphatic carbocycles. The summed E-state index contributed by atoms with van der Waals surface area (Å²) in [6, 6.07) is 15.1. The molecule has 0 unspecified atom stereocenters. The van der Waals surface area contributed by atoms with Gasteiger partial charge >= 0.3 is 5.97 Å². The molecule has 0 aliphatic heterocycles. The Labute approximate surface area is 164 Å². The normalized spacial score (nSPS) is 10.7.